The number of benzene rings is 1. The van der Waals surface area contributed by atoms with Gasteiger partial charge in [-0.15, -0.1) is 0 Å². The van der Waals surface area contributed by atoms with Crippen LogP contribution in [0.5, 0.6) is 5.75 Å². The fourth-order valence-electron chi connectivity index (χ4n) is 2.12. The van der Waals surface area contributed by atoms with Crippen LogP contribution < -0.4 is 4.74 Å². The molecule has 20 heavy (non-hydrogen) atoms. The van der Waals surface area contributed by atoms with Crippen LogP contribution in [0.1, 0.15) is 32.8 Å². The Labute approximate surface area is 121 Å². The first kappa shape index (κ1) is 16.5. The van der Waals surface area contributed by atoms with Gasteiger partial charge in [-0.05, 0) is 51.4 Å². The van der Waals surface area contributed by atoms with Crippen LogP contribution in [-0.2, 0) is 4.79 Å². The number of likely N-dealkylation sites (N-methyl/N-ethyl adjacent to an activating group) is 1. The minimum absolute atomic E-state index is 0.593. The van der Waals surface area contributed by atoms with Crippen LogP contribution in [0, 0.1) is 6.92 Å². The van der Waals surface area contributed by atoms with Gasteiger partial charge in [0.2, 0.25) is 0 Å². The number of ether oxygens (including phenoxy) is 1. The highest BCUT2D eigenvalue weighted by atomic mass is 16.5. The van der Waals surface area contributed by atoms with E-state index in [-0.39, 0.29) is 0 Å². The Morgan fingerprint density at radius 2 is 2.10 bits per heavy atom. The van der Waals surface area contributed by atoms with E-state index in [0.717, 1.165) is 12.2 Å². The topological polar surface area (TPSA) is 49.8 Å². The van der Waals surface area contributed by atoms with Crippen molar-refractivity contribution in [2.75, 3.05) is 19.7 Å². The van der Waals surface area contributed by atoms with Gasteiger partial charge >= 0.3 is 5.97 Å². The van der Waals surface area contributed by atoms with Gasteiger partial charge in [0.15, 0.2) is 0 Å². The maximum Gasteiger partial charge on any atom is 0.323 e. The lowest BCUT2D eigenvalue weighted by atomic mass is 10.0. The molecule has 0 unspecified atom stereocenters. The fourth-order valence-corrected chi connectivity index (χ4v) is 2.12. The smallest absolute Gasteiger partial charge is 0.323 e. The number of aryl methyl sites for hydroxylation is 1. The maximum atomic E-state index is 11.2. The zero-order chi connectivity index (χ0) is 15.2. The second kappa shape index (κ2) is 7.29. The van der Waals surface area contributed by atoms with E-state index in [1.165, 1.54) is 5.56 Å². The van der Waals surface area contributed by atoms with E-state index in [0.29, 0.717) is 19.7 Å². The number of carboxylic acid groups (broad SMARTS) is 1. The highest BCUT2D eigenvalue weighted by Gasteiger charge is 2.32. The van der Waals surface area contributed by atoms with E-state index in [1.807, 2.05) is 43.0 Å². The maximum absolute atomic E-state index is 11.2. The summed E-state index contributed by atoms with van der Waals surface area (Å²) < 4.78 is 5.68. The summed E-state index contributed by atoms with van der Waals surface area (Å²) in [5, 5.41) is 9.23. The summed E-state index contributed by atoms with van der Waals surface area (Å²) in [7, 11) is 0. The van der Waals surface area contributed by atoms with Crippen molar-refractivity contribution in [3.8, 4) is 5.75 Å². The van der Waals surface area contributed by atoms with Crippen molar-refractivity contribution in [3.05, 3.63) is 29.8 Å². The number of carbonyl (C=O) groups is 1. The highest BCUT2D eigenvalue weighted by Crippen LogP contribution is 2.16. The Morgan fingerprint density at radius 3 is 2.65 bits per heavy atom. The third kappa shape index (κ3) is 4.53. The molecule has 4 nitrogen and oxygen atoms in total. The third-order valence-corrected chi connectivity index (χ3v) is 3.53. The van der Waals surface area contributed by atoms with Gasteiger partial charge in [-0.25, -0.2) is 0 Å². The molecule has 0 amide bonds. The minimum Gasteiger partial charge on any atom is -0.494 e. The average molecular weight is 279 g/mol. The summed E-state index contributed by atoms with van der Waals surface area (Å²) >= 11 is 0. The third-order valence-electron chi connectivity index (χ3n) is 3.53. The molecule has 112 valence electrons. The Hall–Kier alpha value is -1.55. The van der Waals surface area contributed by atoms with Crippen molar-refractivity contribution in [1.29, 1.82) is 0 Å². The second-order valence-corrected chi connectivity index (χ2v) is 5.46. The van der Waals surface area contributed by atoms with E-state index < -0.39 is 11.5 Å². The average Bonchev–Trinajstić information content (AvgIpc) is 2.38. The molecule has 0 atom stereocenters. The van der Waals surface area contributed by atoms with E-state index in [4.69, 9.17) is 4.74 Å². The largest absolute Gasteiger partial charge is 0.494 e. The molecule has 0 aromatic heterocycles. The van der Waals surface area contributed by atoms with Gasteiger partial charge < -0.3 is 9.84 Å². The predicted molar refractivity (Wildman–Crippen MR) is 80.3 cm³/mol. The number of rotatable bonds is 8. The van der Waals surface area contributed by atoms with Crippen LogP contribution in [0.4, 0.5) is 0 Å². The van der Waals surface area contributed by atoms with Crippen molar-refractivity contribution in [2.24, 2.45) is 0 Å². The Bertz CT molecular complexity index is 443. The summed E-state index contributed by atoms with van der Waals surface area (Å²) in [6.45, 7) is 9.49. The van der Waals surface area contributed by atoms with Gasteiger partial charge in [0.05, 0.1) is 6.61 Å². The lowest BCUT2D eigenvalue weighted by molar-refractivity contribution is -0.149. The molecule has 0 aliphatic rings. The first-order chi connectivity index (χ1) is 9.37. The number of nitrogens with zero attached hydrogens (tertiary/aromatic N) is 1. The van der Waals surface area contributed by atoms with E-state index >= 15 is 0 Å². The monoisotopic (exact) mass is 279 g/mol. The van der Waals surface area contributed by atoms with Crippen LogP contribution in [-0.4, -0.2) is 41.2 Å². The molecule has 0 aliphatic heterocycles. The van der Waals surface area contributed by atoms with Crippen LogP contribution in [0.25, 0.3) is 0 Å². The van der Waals surface area contributed by atoms with Gasteiger partial charge in [0.25, 0.3) is 0 Å². The standard InChI is InChI=1S/C16H25NO3/c1-5-17(16(3,4)15(18)19)10-7-11-20-14-9-6-8-13(2)12-14/h6,8-9,12H,5,7,10-11H2,1-4H3,(H,18,19). The molecule has 4 heteroatoms. The molecule has 0 spiro atoms. The summed E-state index contributed by atoms with van der Waals surface area (Å²) in [5.41, 5.74) is 0.336. The molecule has 1 aromatic carbocycles. The summed E-state index contributed by atoms with van der Waals surface area (Å²) in [4.78, 5) is 13.2. The molecule has 0 fully saturated rings. The van der Waals surface area contributed by atoms with Crippen molar-refractivity contribution >= 4 is 5.97 Å². The highest BCUT2D eigenvalue weighted by molar-refractivity contribution is 5.77. The summed E-state index contributed by atoms with van der Waals surface area (Å²) in [5.74, 6) is 0.0736. The van der Waals surface area contributed by atoms with Crippen molar-refractivity contribution in [2.45, 2.75) is 39.7 Å². The summed E-state index contributed by atoms with van der Waals surface area (Å²) in [6.07, 6.45) is 0.804. The Balaban J connectivity index is 2.41. The molecule has 0 bridgehead atoms. The fraction of sp³-hybridized carbons (Fsp3) is 0.562. The normalized spacial score (nSPS) is 11.7. The number of aliphatic carboxylic acids is 1. The second-order valence-electron chi connectivity index (χ2n) is 5.46. The number of carboxylic acids is 1. The van der Waals surface area contributed by atoms with Crippen molar-refractivity contribution in [1.82, 2.24) is 4.90 Å². The van der Waals surface area contributed by atoms with E-state index in [2.05, 4.69) is 0 Å². The molecular formula is C16H25NO3. The first-order valence-electron chi connectivity index (χ1n) is 7.06. The van der Waals surface area contributed by atoms with E-state index in [9.17, 15) is 9.90 Å². The molecule has 0 aliphatic carbocycles. The molecule has 1 rings (SSSR count). The zero-order valence-electron chi connectivity index (χ0n) is 12.8. The van der Waals surface area contributed by atoms with Crippen LogP contribution >= 0.6 is 0 Å². The molecule has 1 aromatic rings. The number of hydrogen-bond acceptors (Lipinski definition) is 3. The quantitative estimate of drug-likeness (QED) is 0.743. The van der Waals surface area contributed by atoms with Gasteiger partial charge in [0.1, 0.15) is 11.3 Å². The molecule has 1 N–H and O–H groups in total. The van der Waals surface area contributed by atoms with Gasteiger partial charge in [0, 0.05) is 6.54 Å². The lowest BCUT2D eigenvalue weighted by Gasteiger charge is -2.34. The predicted octanol–water partition coefficient (Wildman–Crippen LogP) is 2.95. The van der Waals surface area contributed by atoms with Gasteiger partial charge in [-0.2, -0.15) is 0 Å². The molecule has 0 saturated heterocycles. The molecule has 0 radical (unpaired) electrons. The molecule has 0 heterocycles. The first-order valence-corrected chi connectivity index (χ1v) is 7.06. The molecule has 0 saturated carbocycles. The van der Waals surface area contributed by atoms with Crippen molar-refractivity contribution in [3.63, 3.8) is 0 Å². The SMILES string of the molecule is CCN(CCCOc1cccc(C)c1)C(C)(C)C(=O)O. The van der Waals surface area contributed by atoms with E-state index in [1.54, 1.807) is 13.8 Å². The zero-order valence-corrected chi connectivity index (χ0v) is 12.8. The van der Waals surface area contributed by atoms with Gasteiger partial charge in [-0.1, -0.05) is 19.1 Å². The van der Waals surface area contributed by atoms with Crippen LogP contribution in [0.15, 0.2) is 24.3 Å². The number of hydrogen-bond donors (Lipinski definition) is 1. The summed E-state index contributed by atoms with van der Waals surface area (Å²) in [6, 6.07) is 7.93. The van der Waals surface area contributed by atoms with Crippen molar-refractivity contribution < 1.29 is 14.6 Å². The minimum atomic E-state index is -0.835. The van der Waals surface area contributed by atoms with Gasteiger partial charge in [-0.3, -0.25) is 9.69 Å². The Kier molecular flexibility index (Phi) is 6.02. The van der Waals surface area contributed by atoms with Crippen LogP contribution in [0.2, 0.25) is 0 Å². The van der Waals surface area contributed by atoms with Crippen LogP contribution in [0.3, 0.4) is 0 Å². The molecular weight excluding hydrogens is 254 g/mol. The Morgan fingerprint density at radius 1 is 1.40 bits per heavy atom. The lowest BCUT2D eigenvalue weighted by Crippen LogP contribution is -2.50.